The molecule has 1 saturated carbocycles. The van der Waals surface area contributed by atoms with Crippen molar-refractivity contribution in [2.45, 2.75) is 382 Å². The third-order valence-electron chi connectivity index (χ3n) is 18.2. The number of phosphoric acid groups is 1. The van der Waals surface area contributed by atoms with Crippen LogP contribution in [0.3, 0.4) is 0 Å². The molecular formula is C71H129O24P. The molecule has 0 amide bonds. The van der Waals surface area contributed by atoms with Crippen molar-refractivity contribution in [3.8, 4) is 0 Å². The van der Waals surface area contributed by atoms with E-state index >= 15 is 0 Å². The summed E-state index contributed by atoms with van der Waals surface area (Å²) in [6.45, 7) is 3.40. The van der Waals surface area contributed by atoms with Crippen LogP contribution in [-0.2, 0) is 61.2 Å². The van der Waals surface area contributed by atoms with Crippen LogP contribution >= 0.6 is 7.82 Å². The Bertz CT molecular complexity index is 2090. The smallest absolute Gasteiger partial charge is 0.463 e. The van der Waals surface area contributed by atoms with Gasteiger partial charge in [0, 0.05) is 19.3 Å². The molecule has 0 aromatic carbocycles. The lowest BCUT2D eigenvalue weighted by Crippen LogP contribution is -2.69. The lowest BCUT2D eigenvalue weighted by atomic mass is 9.84. The Hall–Kier alpha value is -2.56. The maximum atomic E-state index is 14.3. The number of allylic oxidation sites excluding steroid dienone is 4. The summed E-state index contributed by atoms with van der Waals surface area (Å²) in [4.78, 5) is 50.9. The van der Waals surface area contributed by atoms with E-state index in [4.69, 9.17) is 42.2 Å². The number of esters is 3. The van der Waals surface area contributed by atoms with E-state index in [1.165, 1.54) is 122 Å². The maximum absolute atomic E-state index is 14.3. The molecule has 0 radical (unpaired) electrons. The van der Waals surface area contributed by atoms with E-state index in [1.54, 1.807) is 0 Å². The number of rotatable bonds is 57. The Kier molecular flexibility index (Phi) is 48.7. The molecular weight excluding hydrogens is 1270 g/mol. The molecule has 3 rings (SSSR count). The zero-order valence-electron chi connectivity index (χ0n) is 58.4. The fourth-order valence-electron chi connectivity index (χ4n) is 12.1. The molecule has 3 fully saturated rings. The molecule has 18 atom stereocenters. The average molecular weight is 1400 g/mol. The van der Waals surface area contributed by atoms with Gasteiger partial charge in [-0.05, 0) is 70.6 Å². The predicted octanol–water partition coefficient (Wildman–Crippen LogP) is 9.74. The minimum Gasteiger partial charge on any atom is -0.463 e. The van der Waals surface area contributed by atoms with E-state index in [9.17, 15) is 74.9 Å². The Balaban J connectivity index is 1.75. The number of carbonyl (C=O) groups is 3. The van der Waals surface area contributed by atoms with Crippen molar-refractivity contribution in [2.75, 3.05) is 26.4 Å². The van der Waals surface area contributed by atoms with Crippen molar-refractivity contribution < 1.29 is 117 Å². The molecule has 2 heterocycles. The van der Waals surface area contributed by atoms with Gasteiger partial charge >= 0.3 is 25.7 Å². The van der Waals surface area contributed by atoms with Crippen LogP contribution < -0.4 is 0 Å². The van der Waals surface area contributed by atoms with Gasteiger partial charge in [0.25, 0.3) is 0 Å². The molecule has 24 nitrogen and oxygen atoms in total. The monoisotopic (exact) mass is 1400 g/mol. The maximum Gasteiger partial charge on any atom is 0.472 e. The standard InChI is InChI=1S/C71H129O24P/c1-4-7-10-13-16-19-22-25-26-29-31-33-36-39-42-45-55(73)87-49-52(90-57(75)47-44-41-38-35-32-28-24-21-18-15-12-9-6-3)50-89-96(85,86)95-69-67(93-70-65(83)60(78)58(76)53(48-72)91-70)63(81)62(80)64(82)68(69)94-71-66(84)61(79)59(77)54(92-71)51-88-56(74)46-43-40-37-34-30-27-23-20-17-14-11-8-5-2/h27-28,30,32,52-54,58-72,76-84H,4-26,29,31,33-51H2,1-3H3,(H,85,86)/b30-27-,32-28-. The first-order chi connectivity index (χ1) is 46.3. The number of unbranched alkanes of at least 4 members (excludes halogenated alkanes) is 32. The van der Waals surface area contributed by atoms with E-state index in [2.05, 4.69) is 45.1 Å². The van der Waals surface area contributed by atoms with Gasteiger partial charge in [-0.1, -0.05) is 212 Å². The third kappa shape index (κ3) is 36.4. The van der Waals surface area contributed by atoms with Crippen LogP contribution in [0.1, 0.15) is 278 Å². The second-order valence-corrected chi connectivity index (χ2v) is 28.1. The van der Waals surface area contributed by atoms with Crippen LogP contribution in [0.5, 0.6) is 0 Å². The van der Waals surface area contributed by atoms with Gasteiger partial charge in [-0.15, -0.1) is 0 Å². The van der Waals surface area contributed by atoms with E-state index in [1.807, 2.05) is 0 Å². The Morgan fingerprint density at radius 3 is 1.14 bits per heavy atom. The van der Waals surface area contributed by atoms with E-state index in [0.717, 1.165) is 89.9 Å². The zero-order valence-corrected chi connectivity index (χ0v) is 59.3. The summed E-state index contributed by atoms with van der Waals surface area (Å²) in [6, 6.07) is 0. The van der Waals surface area contributed by atoms with Crippen LogP contribution in [0.25, 0.3) is 0 Å². The number of hydrogen-bond donors (Lipinski definition) is 11. The molecule has 0 bridgehead atoms. The number of carbonyl (C=O) groups excluding carboxylic acids is 3. The first kappa shape index (κ1) is 87.7. The van der Waals surface area contributed by atoms with Crippen molar-refractivity contribution in [1.29, 1.82) is 0 Å². The van der Waals surface area contributed by atoms with Crippen molar-refractivity contribution >= 4 is 25.7 Å². The Labute approximate surface area is 573 Å². The van der Waals surface area contributed by atoms with Gasteiger partial charge in [0.1, 0.15) is 98.7 Å². The summed E-state index contributed by atoms with van der Waals surface area (Å²) in [7, 11) is -5.70. The highest BCUT2D eigenvalue weighted by Crippen LogP contribution is 2.49. The van der Waals surface area contributed by atoms with E-state index in [0.29, 0.717) is 25.7 Å². The second-order valence-electron chi connectivity index (χ2n) is 26.7. The molecule has 2 saturated heterocycles. The summed E-state index contributed by atoms with van der Waals surface area (Å²) >= 11 is 0. The summed E-state index contributed by atoms with van der Waals surface area (Å²) < 4.78 is 64.9. The number of aliphatic hydroxyl groups is 10. The molecule has 11 N–H and O–H groups in total. The Morgan fingerprint density at radius 2 is 0.729 bits per heavy atom. The summed E-state index contributed by atoms with van der Waals surface area (Å²) in [5.74, 6) is -2.02. The number of phosphoric ester groups is 1. The van der Waals surface area contributed by atoms with E-state index < -0.39 is 156 Å². The predicted molar refractivity (Wildman–Crippen MR) is 361 cm³/mol. The van der Waals surface area contributed by atoms with Crippen LogP contribution in [0.2, 0.25) is 0 Å². The van der Waals surface area contributed by atoms with Crippen molar-refractivity contribution in [2.24, 2.45) is 0 Å². The molecule has 0 spiro atoms. The van der Waals surface area contributed by atoms with E-state index in [-0.39, 0.29) is 19.3 Å². The van der Waals surface area contributed by atoms with Gasteiger partial charge in [-0.25, -0.2) is 4.57 Å². The van der Waals surface area contributed by atoms with Crippen LogP contribution in [-0.4, -0.2) is 204 Å². The van der Waals surface area contributed by atoms with Gasteiger partial charge in [-0.3, -0.25) is 23.4 Å². The third-order valence-corrected chi connectivity index (χ3v) is 19.2. The SMILES string of the molecule is CCCCCCCC/C=C\CCCCCC(=O)OCC1OC(OC2C(O)C(O)C(O)C(OC3OC(CO)C(O)C(O)C3O)C2OP(=O)(O)OCC(COC(=O)CCCCCCCCCCCCCCCCC)OC(=O)CCCCC/C=C\CCCCCCCC)C(O)C(O)C1O. The molecule has 25 heteroatoms. The van der Waals surface area contributed by atoms with Gasteiger partial charge in [-0.2, -0.15) is 0 Å². The summed E-state index contributed by atoms with van der Waals surface area (Å²) in [5, 5.41) is 110. The quantitative estimate of drug-likeness (QED) is 0.00886. The first-order valence-electron chi connectivity index (χ1n) is 37.1. The molecule has 2 aliphatic heterocycles. The lowest BCUT2D eigenvalue weighted by Gasteiger charge is -2.49. The highest BCUT2D eigenvalue weighted by Gasteiger charge is 2.58. The molecule has 0 aromatic rings. The van der Waals surface area contributed by atoms with Gasteiger partial charge in [0.2, 0.25) is 0 Å². The van der Waals surface area contributed by atoms with Crippen molar-refractivity contribution in [1.82, 2.24) is 0 Å². The fourth-order valence-corrected chi connectivity index (χ4v) is 13.1. The highest BCUT2D eigenvalue weighted by molar-refractivity contribution is 7.47. The number of hydrogen-bond acceptors (Lipinski definition) is 23. The van der Waals surface area contributed by atoms with Gasteiger partial charge in [0.15, 0.2) is 18.7 Å². The zero-order chi connectivity index (χ0) is 70.4. The van der Waals surface area contributed by atoms with Crippen LogP contribution in [0.4, 0.5) is 0 Å². The number of ether oxygens (including phenoxy) is 7. The lowest BCUT2D eigenvalue weighted by molar-refractivity contribution is -0.360. The van der Waals surface area contributed by atoms with Crippen molar-refractivity contribution in [3.05, 3.63) is 24.3 Å². The Morgan fingerprint density at radius 1 is 0.396 bits per heavy atom. The summed E-state index contributed by atoms with van der Waals surface area (Å²) in [6.07, 6.45) is 12.6. The van der Waals surface area contributed by atoms with Crippen LogP contribution in [0.15, 0.2) is 24.3 Å². The molecule has 96 heavy (non-hydrogen) atoms. The molecule has 0 aromatic heterocycles. The van der Waals surface area contributed by atoms with Crippen molar-refractivity contribution in [3.63, 3.8) is 0 Å². The minimum atomic E-state index is -5.70. The summed E-state index contributed by atoms with van der Waals surface area (Å²) in [5.41, 5.74) is 0. The van der Waals surface area contributed by atoms with Gasteiger partial charge < -0.3 is 89.1 Å². The number of aliphatic hydroxyl groups excluding tert-OH is 10. The van der Waals surface area contributed by atoms with Gasteiger partial charge in [0.05, 0.1) is 13.2 Å². The average Bonchev–Trinajstić information content (AvgIpc) is 0.766. The largest absolute Gasteiger partial charge is 0.472 e. The normalized spacial score (nSPS) is 28.1. The molecule has 562 valence electrons. The topological polar surface area (TPSA) is 374 Å². The molecule has 18 unspecified atom stereocenters. The fraction of sp³-hybridized carbons (Fsp3) is 0.901. The molecule has 1 aliphatic carbocycles. The molecule has 3 aliphatic rings. The minimum absolute atomic E-state index is 0.00755. The van der Waals surface area contributed by atoms with Crippen LogP contribution in [0, 0.1) is 0 Å². The highest BCUT2D eigenvalue weighted by atomic mass is 31.2. The second kappa shape index (κ2) is 53.3. The first-order valence-corrected chi connectivity index (χ1v) is 38.6.